The molecule has 1 heterocycles. The number of aliphatic hydroxyl groups is 1. The van der Waals surface area contributed by atoms with Gasteiger partial charge < -0.3 is 15.7 Å². The predicted octanol–water partition coefficient (Wildman–Crippen LogP) is 3.04. The summed E-state index contributed by atoms with van der Waals surface area (Å²) >= 11 is 5.79. The van der Waals surface area contributed by atoms with Gasteiger partial charge in [0.15, 0.2) is 0 Å². The van der Waals surface area contributed by atoms with Crippen LogP contribution in [0, 0.1) is 12.7 Å². The number of amides is 2. The fraction of sp³-hybridized carbons (Fsp3) is 0.200. The molecule has 0 aliphatic heterocycles. The summed E-state index contributed by atoms with van der Waals surface area (Å²) in [6, 6.07) is 7.00. The van der Waals surface area contributed by atoms with Gasteiger partial charge in [0.1, 0.15) is 11.0 Å². The number of nitrogens with one attached hydrogen (secondary N) is 2. The molecule has 1 unspecified atom stereocenters. The van der Waals surface area contributed by atoms with Crippen molar-refractivity contribution in [1.82, 2.24) is 10.3 Å². The second-order valence-corrected chi connectivity index (χ2v) is 5.06. The lowest BCUT2D eigenvalue weighted by atomic mass is 10.1. The van der Waals surface area contributed by atoms with Crippen LogP contribution in [0.25, 0.3) is 0 Å². The Kier molecular flexibility index (Phi) is 5.30. The summed E-state index contributed by atoms with van der Waals surface area (Å²) in [4.78, 5) is 15.7. The predicted molar refractivity (Wildman–Crippen MR) is 82.4 cm³/mol. The summed E-state index contributed by atoms with van der Waals surface area (Å²) in [5.74, 6) is -0.519. The van der Waals surface area contributed by atoms with Crippen LogP contribution >= 0.6 is 11.6 Å². The monoisotopic (exact) mass is 323 g/mol. The lowest BCUT2D eigenvalue weighted by Gasteiger charge is -2.13. The van der Waals surface area contributed by atoms with Crippen LogP contribution in [0.2, 0.25) is 5.15 Å². The number of rotatable bonds is 4. The van der Waals surface area contributed by atoms with Gasteiger partial charge in [-0.3, -0.25) is 0 Å². The molecule has 0 fully saturated rings. The highest BCUT2D eigenvalue weighted by Crippen LogP contribution is 2.17. The van der Waals surface area contributed by atoms with Crippen LogP contribution in [-0.2, 0) is 0 Å². The van der Waals surface area contributed by atoms with Gasteiger partial charge in [0.2, 0.25) is 0 Å². The van der Waals surface area contributed by atoms with Crippen molar-refractivity contribution >= 4 is 23.3 Å². The van der Waals surface area contributed by atoms with Crippen LogP contribution in [0.3, 0.4) is 0 Å². The van der Waals surface area contributed by atoms with E-state index in [0.29, 0.717) is 10.8 Å². The largest absolute Gasteiger partial charge is 0.386 e. The van der Waals surface area contributed by atoms with Crippen LogP contribution in [0.4, 0.5) is 14.9 Å². The lowest BCUT2D eigenvalue weighted by Crippen LogP contribution is -2.32. The summed E-state index contributed by atoms with van der Waals surface area (Å²) in [5, 5.41) is 15.3. The maximum atomic E-state index is 13.5. The zero-order chi connectivity index (χ0) is 16.1. The van der Waals surface area contributed by atoms with Crippen molar-refractivity contribution in [2.45, 2.75) is 13.0 Å². The molecule has 0 bridgehead atoms. The van der Waals surface area contributed by atoms with E-state index < -0.39 is 18.0 Å². The van der Waals surface area contributed by atoms with Crippen molar-refractivity contribution < 1.29 is 14.3 Å². The van der Waals surface area contributed by atoms with Gasteiger partial charge in [0.25, 0.3) is 0 Å². The number of aliphatic hydroxyl groups excluding tert-OH is 1. The molecule has 1 aromatic heterocycles. The van der Waals surface area contributed by atoms with E-state index in [1.54, 1.807) is 19.1 Å². The van der Waals surface area contributed by atoms with Gasteiger partial charge >= 0.3 is 6.03 Å². The van der Waals surface area contributed by atoms with E-state index >= 15 is 0 Å². The highest BCUT2D eigenvalue weighted by atomic mass is 35.5. The van der Waals surface area contributed by atoms with Gasteiger partial charge in [0, 0.05) is 12.1 Å². The fourth-order valence-corrected chi connectivity index (χ4v) is 1.95. The standard InChI is InChI=1S/C15H15ClFN3O2/c1-9-6-10(7-18-14(9)16)20-15(22)19-8-13(21)11-4-2-3-5-12(11)17/h2-7,13,21H,8H2,1H3,(H2,19,20,22). The number of aromatic nitrogens is 1. The van der Waals surface area contributed by atoms with E-state index in [2.05, 4.69) is 15.6 Å². The molecular weight excluding hydrogens is 309 g/mol. The molecule has 0 saturated carbocycles. The van der Waals surface area contributed by atoms with E-state index in [0.717, 1.165) is 5.56 Å². The van der Waals surface area contributed by atoms with Crippen LogP contribution in [0.5, 0.6) is 0 Å². The lowest BCUT2D eigenvalue weighted by molar-refractivity contribution is 0.170. The van der Waals surface area contributed by atoms with Crippen molar-refractivity contribution in [1.29, 1.82) is 0 Å². The molecule has 0 spiro atoms. The van der Waals surface area contributed by atoms with Crippen molar-refractivity contribution in [2.75, 3.05) is 11.9 Å². The first-order valence-electron chi connectivity index (χ1n) is 6.57. The van der Waals surface area contributed by atoms with Crippen LogP contribution < -0.4 is 10.6 Å². The van der Waals surface area contributed by atoms with Crippen molar-refractivity contribution in [3.63, 3.8) is 0 Å². The molecule has 0 saturated heterocycles. The Morgan fingerprint density at radius 1 is 1.45 bits per heavy atom. The number of anilines is 1. The van der Waals surface area contributed by atoms with Gasteiger partial charge in [-0.25, -0.2) is 14.2 Å². The minimum atomic E-state index is -1.13. The first-order valence-corrected chi connectivity index (χ1v) is 6.94. The molecule has 1 aromatic carbocycles. The molecule has 22 heavy (non-hydrogen) atoms. The Hall–Kier alpha value is -2.18. The van der Waals surface area contributed by atoms with Gasteiger partial charge in [-0.1, -0.05) is 29.8 Å². The number of carbonyl (C=O) groups excluding carboxylic acids is 1. The third kappa shape index (κ3) is 4.16. The van der Waals surface area contributed by atoms with Crippen molar-refractivity contribution in [3.05, 3.63) is 58.6 Å². The van der Waals surface area contributed by atoms with Gasteiger partial charge in [-0.05, 0) is 24.6 Å². The van der Waals surface area contributed by atoms with E-state index in [1.807, 2.05) is 0 Å². The zero-order valence-corrected chi connectivity index (χ0v) is 12.6. The Balaban J connectivity index is 1.90. The topological polar surface area (TPSA) is 74.2 Å². The van der Waals surface area contributed by atoms with Crippen LogP contribution in [-0.4, -0.2) is 22.7 Å². The second kappa shape index (κ2) is 7.20. The van der Waals surface area contributed by atoms with E-state index in [1.165, 1.54) is 24.4 Å². The molecule has 1 atom stereocenters. The maximum Gasteiger partial charge on any atom is 0.319 e. The number of pyridine rings is 1. The summed E-state index contributed by atoms with van der Waals surface area (Å²) in [5.41, 5.74) is 1.33. The molecule has 0 radical (unpaired) electrons. The second-order valence-electron chi connectivity index (χ2n) is 4.70. The third-order valence-electron chi connectivity index (χ3n) is 2.99. The number of hydrogen-bond donors (Lipinski definition) is 3. The molecule has 7 heteroatoms. The van der Waals surface area contributed by atoms with Crippen LogP contribution in [0.15, 0.2) is 36.5 Å². The number of aryl methyl sites for hydroxylation is 1. The van der Waals surface area contributed by atoms with Gasteiger partial charge in [-0.15, -0.1) is 0 Å². The molecule has 0 aliphatic rings. The summed E-state index contributed by atoms with van der Waals surface area (Å²) in [7, 11) is 0. The summed E-state index contributed by atoms with van der Waals surface area (Å²) in [6.07, 6.45) is 0.291. The maximum absolute atomic E-state index is 13.5. The quantitative estimate of drug-likeness (QED) is 0.757. The molecule has 3 N–H and O–H groups in total. The van der Waals surface area contributed by atoms with E-state index in [4.69, 9.17) is 11.6 Å². The molecule has 5 nitrogen and oxygen atoms in total. The number of urea groups is 1. The van der Waals surface area contributed by atoms with Crippen molar-refractivity contribution in [2.24, 2.45) is 0 Å². The summed E-state index contributed by atoms with van der Waals surface area (Å²) < 4.78 is 13.5. The first kappa shape index (κ1) is 16.2. The number of carbonyl (C=O) groups is 1. The van der Waals surface area contributed by atoms with Gasteiger partial charge in [-0.2, -0.15) is 0 Å². The highest BCUT2D eigenvalue weighted by molar-refractivity contribution is 6.30. The van der Waals surface area contributed by atoms with Gasteiger partial charge in [0.05, 0.1) is 18.0 Å². The van der Waals surface area contributed by atoms with Crippen molar-refractivity contribution in [3.8, 4) is 0 Å². The number of hydrogen-bond acceptors (Lipinski definition) is 3. The average molecular weight is 324 g/mol. The third-order valence-corrected chi connectivity index (χ3v) is 3.39. The average Bonchev–Trinajstić information content (AvgIpc) is 2.49. The van der Waals surface area contributed by atoms with E-state index in [9.17, 15) is 14.3 Å². The SMILES string of the molecule is Cc1cc(NC(=O)NCC(O)c2ccccc2F)cnc1Cl. The molecule has 2 aromatic rings. The minimum Gasteiger partial charge on any atom is -0.386 e. The number of benzene rings is 1. The Morgan fingerprint density at radius 3 is 2.86 bits per heavy atom. The number of nitrogens with zero attached hydrogens (tertiary/aromatic N) is 1. The Morgan fingerprint density at radius 2 is 2.18 bits per heavy atom. The highest BCUT2D eigenvalue weighted by Gasteiger charge is 2.13. The Bertz CT molecular complexity index is 682. The molecule has 2 amide bonds. The fourth-order valence-electron chi connectivity index (χ4n) is 1.85. The number of halogens is 2. The molecular formula is C15H15ClFN3O2. The Labute approximate surface area is 132 Å². The molecule has 0 aliphatic carbocycles. The summed E-state index contributed by atoms with van der Waals surface area (Å²) in [6.45, 7) is 1.65. The smallest absolute Gasteiger partial charge is 0.319 e. The zero-order valence-electron chi connectivity index (χ0n) is 11.8. The molecule has 116 valence electrons. The minimum absolute atomic E-state index is 0.118. The van der Waals surface area contributed by atoms with E-state index in [-0.39, 0.29) is 12.1 Å². The molecule has 2 rings (SSSR count). The normalized spacial score (nSPS) is 11.8. The van der Waals surface area contributed by atoms with Crippen LogP contribution in [0.1, 0.15) is 17.2 Å². The first-order chi connectivity index (χ1) is 10.5.